The van der Waals surface area contributed by atoms with Crippen LogP contribution < -0.4 is 0 Å². The molecule has 0 atom stereocenters. The second-order valence-electron chi connectivity index (χ2n) is 36.4. The molecule has 0 aliphatic rings. The number of para-hydroxylation sites is 6. The lowest BCUT2D eigenvalue weighted by Gasteiger charge is -2.17. The zero-order valence-corrected chi connectivity index (χ0v) is 75.5. The van der Waals surface area contributed by atoms with E-state index in [0.717, 1.165) is 156 Å². The summed E-state index contributed by atoms with van der Waals surface area (Å²) in [5, 5.41) is 33.9. The van der Waals surface area contributed by atoms with Crippen LogP contribution in [0.25, 0.3) is 296 Å². The molecule has 0 bridgehead atoms. The fourth-order valence-corrected chi connectivity index (χ4v) is 22.0. The highest BCUT2D eigenvalue weighted by atomic mass is 16.3. The first kappa shape index (κ1) is 79.8. The van der Waals surface area contributed by atoms with Crippen LogP contribution in [0.5, 0.6) is 0 Å². The predicted octanol–water partition coefficient (Wildman–Crippen LogP) is 35.9. The van der Waals surface area contributed by atoms with Crippen LogP contribution in [-0.2, 0) is 0 Å². The average molecular weight is 1780 g/mol. The second-order valence-corrected chi connectivity index (χ2v) is 36.4. The van der Waals surface area contributed by atoms with E-state index in [1.165, 1.54) is 140 Å². The van der Waals surface area contributed by atoms with E-state index in [1.54, 1.807) is 0 Å². The van der Waals surface area contributed by atoms with Crippen molar-refractivity contribution < 1.29 is 8.83 Å². The molecule has 8 nitrogen and oxygen atoms in total. The monoisotopic (exact) mass is 1780 g/mol. The number of hydrogen-bond acceptors (Lipinski definition) is 8. The lowest BCUT2D eigenvalue weighted by Crippen LogP contribution is -1.97. The first-order chi connectivity index (χ1) is 69.4. The van der Waals surface area contributed by atoms with Crippen LogP contribution in [0.4, 0.5) is 0 Å². The third kappa shape index (κ3) is 13.2. The predicted molar refractivity (Wildman–Crippen MR) is 587 cm³/mol. The summed E-state index contributed by atoms with van der Waals surface area (Å²) < 4.78 is 12.5. The van der Waals surface area contributed by atoms with Crippen molar-refractivity contribution in [1.29, 1.82) is 0 Å². The van der Waals surface area contributed by atoms with E-state index in [1.807, 2.05) is 72.8 Å². The van der Waals surface area contributed by atoms with Gasteiger partial charge in [0.1, 0.15) is 22.3 Å². The van der Waals surface area contributed by atoms with Gasteiger partial charge in [0.25, 0.3) is 0 Å². The second kappa shape index (κ2) is 32.5. The van der Waals surface area contributed by atoms with Gasteiger partial charge in [-0.25, -0.2) is 29.9 Å². The maximum absolute atomic E-state index is 6.33. The summed E-state index contributed by atoms with van der Waals surface area (Å²) in [6.07, 6.45) is 0. The Morgan fingerprint density at radius 3 is 1.09 bits per heavy atom. The number of rotatable bonds is 8. The third-order valence-electron chi connectivity index (χ3n) is 28.4. The molecule has 0 unspecified atom stereocenters. The normalized spacial score (nSPS) is 11.9. The van der Waals surface area contributed by atoms with Gasteiger partial charge in [0.05, 0.1) is 67.3 Å². The van der Waals surface area contributed by atoms with Crippen molar-refractivity contribution in [3.63, 3.8) is 0 Å². The molecule has 648 valence electrons. The molecule has 0 fully saturated rings. The third-order valence-corrected chi connectivity index (χ3v) is 28.4. The highest BCUT2D eigenvalue weighted by molar-refractivity contribution is 6.32. The van der Waals surface area contributed by atoms with Crippen LogP contribution in [0.3, 0.4) is 0 Å². The van der Waals surface area contributed by atoms with Crippen molar-refractivity contribution in [2.45, 2.75) is 0 Å². The standard InChI is InChI=1S/C48H28N2O.C42H24N2O.C42H26N2/c1-2-10-32(11-3-1)47-48(34-22-26-44-40(27-34)38-14-6-7-16-43(38)51-44)49-41-25-21-33(28-42(41)50-47)36-15-8-12-30-17-18-31-20-23-37-35-13-5-4-9-29(35)19-24-39(37)46(31)45(30)36;1-3-12-28-25(10-1)20-21-27-24-33(39-29-13-4-2-11-26(29)22-23-31(39)38(27)28)42-41(43-34-16-6-7-17-35(34)44-42)32-15-9-19-37-40(32)30-14-5-8-18-36(30)45-37;1-2-11-27(12-3-1)30-15-10-16-32(25-30)41-42(44-38-20-9-8-19-37(38)43-41)36-26-31-22-21-28-13-4-6-17-33(28)39(31)35-24-23-29-14-5-7-18-34(29)40(35)36/h1-28H;1-24H;1-26H. The van der Waals surface area contributed by atoms with Crippen molar-refractivity contribution in [2.75, 3.05) is 0 Å². The lowest BCUT2D eigenvalue weighted by atomic mass is 9.88. The fourth-order valence-electron chi connectivity index (χ4n) is 22.0. The molecular weight excluding hydrogens is 1700 g/mol. The van der Waals surface area contributed by atoms with Crippen LogP contribution >= 0.6 is 0 Å². The van der Waals surface area contributed by atoms with Gasteiger partial charge in [-0.3, -0.25) is 0 Å². The highest BCUT2D eigenvalue weighted by Gasteiger charge is 2.27. The Morgan fingerprint density at radius 1 is 0.121 bits per heavy atom. The summed E-state index contributed by atoms with van der Waals surface area (Å²) in [7, 11) is 0. The number of aromatic nitrogens is 6. The number of benzene rings is 25. The van der Waals surface area contributed by atoms with E-state index in [2.05, 4.69) is 400 Å². The lowest BCUT2D eigenvalue weighted by molar-refractivity contribution is 0.668. The first-order valence-electron chi connectivity index (χ1n) is 47.6. The Hall–Kier alpha value is -18.8. The smallest absolute Gasteiger partial charge is 0.136 e. The number of furan rings is 2. The van der Waals surface area contributed by atoms with Crippen LogP contribution in [-0.4, -0.2) is 29.9 Å². The van der Waals surface area contributed by atoms with E-state index >= 15 is 0 Å². The Balaban J connectivity index is 0.000000103. The average Bonchev–Trinajstić information content (AvgIpc) is 0.738. The summed E-state index contributed by atoms with van der Waals surface area (Å²) in [4.78, 5) is 32.2. The van der Waals surface area contributed by atoms with Crippen molar-refractivity contribution in [3.05, 3.63) is 473 Å². The quantitative estimate of drug-likeness (QED) is 0.139. The number of nitrogens with zero attached hydrogens (tertiary/aromatic N) is 6. The van der Waals surface area contributed by atoms with Crippen molar-refractivity contribution >= 4 is 206 Å². The minimum Gasteiger partial charge on any atom is -0.456 e. The molecule has 8 heteroatoms. The van der Waals surface area contributed by atoms with Crippen molar-refractivity contribution in [3.8, 4) is 89.8 Å². The number of fused-ring (bicyclic) bond motifs is 30. The molecule has 0 radical (unpaired) electrons. The fraction of sp³-hybridized carbons (Fsp3) is 0. The van der Waals surface area contributed by atoms with Gasteiger partial charge >= 0.3 is 0 Å². The van der Waals surface area contributed by atoms with Crippen molar-refractivity contribution in [1.82, 2.24) is 29.9 Å². The van der Waals surface area contributed by atoms with Crippen LogP contribution in [0.15, 0.2) is 482 Å². The molecule has 25 aromatic carbocycles. The molecule has 5 aromatic heterocycles. The molecule has 30 rings (SSSR count). The maximum atomic E-state index is 6.33. The summed E-state index contributed by atoms with van der Waals surface area (Å²) in [5.74, 6) is 0. The molecule has 0 spiro atoms. The number of hydrogen-bond donors (Lipinski definition) is 0. The summed E-state index contributed by atoms with van der Waals surface area (Å²) in [6.45, 7) is 0. The van der Waals surface area contributed by atoms with E-state index in [-0.39, 0.29) is 0 Å². The van der Waals surface area contributed by atoms with Crippen LogP contribution in [0.2, 0.25) is 0 Å². The Morgan fingerprint density at radius 2 is 0.479 bits per heavy atom. The van der Waals surface area contributed by atoms with Crippen molar-refractivity contribution in [2.24, 2.45) is 0 Å². The molecule has 0 saturated carbocycles. The van der Waals surface area contributed by atoms with Gasteiger partial charge in [-0.15, -0.1) is 0 Å². The molecule has 0 amide bonds. The molecule has 0 aliphatic heterocycles. The van der Waals surface area contributed by atoms with Gasteiger partial charge in [-0.1, -0.05) is 382 Å². The van der Waals surface area contributed by atoms with E-state index in [0.29, 0.717) is 0 Å². The summed E-state index contributed by atoms with van der Waals surface area (Å²) in [6, 6.07) is 168. The van der Waals surface area contributed by atoms with Crippen LogP contribution in [0.1, 0.15) is 0 Å². The van der Waals surface area contributed by atoms with E-state index in [9.17, 15) is 0 Å². The van der Waals surface area contributed by atoms with Gasteiger partial charge < -0.3 is 8.83 Å². The molecule has 5 heterocycles. The molecule has 0 saturated heterocycles. The highest BCUT2D eigenvalue weighted by Crippen LogP contribution is 2.50. The molecule has 140 heavy (non-hydrogen) atoms. The van der Waals surface area contributed by atoms with Gasteiger partial charge in [-0.05, 0) is 243 Å². The maximum Gasteiger partial charge on any atom is 0.136 e. The zero-order valence-electron chi connectivity index (χ0n) is 75.5. The van der Waals surface area contributed by atoms with Gasteiger partial charge in [0.2, 0.25) is 0 Å². The molecule has 30 aromatic rings. The topological polar surface area (TPSA) is 104 Å². The largest absolute Gasteiger partial charge is 0.456 e. The zero-order chi connectivity index (χ0) is 92.0. The summed E-state index contributed by atoms with van der Waals surface area (Å²) in [5.41, 5.74) is 24.8. The Bertz CT molecular complexity index is 10400. The SMILES string of the molecule is c1ccc(-c2cccc(-c3nc4ccccc4nc3-c3cc4ccc5ccccc5c4c4ccc5ccccc5c34)c2)cc1.c1ccc(-c2nc3cc(-c4cccc5ccc6ccc7c8ccccc8ccc7c6c45)ccc3nc2-c2ccc3oc4ccccc4c3c2)cc1.c1ccc2c(c1)ccc1c2c(-c2nc3ccccc3nc2-c2cccc3oc4ccccc4c23)cc2ccc3ccccc3c21. The molecule has 0 aliphatic carbocycles. The molecule has 0 N–H and O–H groups in total. The molecular formula is C132H78N6O2. The minimum atomic E-state index is 0.842. The summed E-state index contributed by atoms with van der Waals surface area (Å²) >= 11 is 0. The van der Waals surface area contributed by atoms with Gasteiger partial charge in [0.15, 0.2) is 0 Å². The Labute approximate surface area is 802 Å². The van der Waals surface area contributed by atoms with Gasteiger partial charge in [-0.2, -0.15) is 0 Å². The van der Waals surface area contributed by atoms with E-state index in [4.69, 9.17) is 38.7 Å². The minimum absolute atomic E-state index is 0.842. The van der Waals surface area contributed by atoms with Crippen LogP contribution in [0, 0.1) is 0 Å². The first-order valence-corrected chi connectivity index (χ1v) is 47.6. The van der Waals surface area contributed by atoms with Gasteiger partial charge in [0, 0.05) is 54.9 Å². The van der Waals surface area contributed by atoms with E-state index < -0.39 is 0 Å². The Kier molecular flexibility index (Phi) is 18.5.